The van der Waals surface area contributed by atoms with Gasteiger partial charge in [0.2, 0.25) is 0 Å². The Morgan fingerprint density at radius 3 is 2.74 bits per heavy atom. The number of nitrogens with zero attached hydrogens (tertiary/aromatic N) is 2. The van der Waals surface area contributed by atoms with Crippen LogP contribution in [0.4, 0.5) is 4.79 Å². The smallest absolute Gasteiger partial charge is 0.410 e. The summed E-state index contributed by atoms with van der Waals surface area (Å²) in [4.78, 5) is 29.7. The van der Waals surface area contributed by atoms with Crippen LogP contribution in [0.5, 0.6) is 0 Å². The summed E-state index contributed by atoms with van der Waals surface area (Å²) in [5.74, 6) is -1.00. The number of carbonyl (C=O) groups excluding carboxylic acids is 1. The van der Waals surface area contributed by atoms with Gasteiger partial charge in [0, 0.05) is 31.4 Å². The Hall–Kier alpha value is -2.15. The van der Waals surface area contributed by atoms with E-state index in [1.807, 2.05) is 6.07 Å². The molecule has 1 fully saturated rings. The molecule has 0 bridgehead atoms. The van der Waals surface area contributed by atoms with Gasteiger partial charge in [0.05, 0.1) is 6.54 Å². The van der Waals surface area contributed by atoms with Crippen LogP contribution >= 0.6 is 0 Å². The van der Waals surface area contributed by atoms with Crippen molar-refractivity contribution < 1.29 is 19.4 Å². The molecule has 0 aromatic carbocycles. The van der Waals surface area contributed by atoms with E-state index in [0.29, 0.717) is 18.8 Å². The molecule has 1 aliphatic rings. The van der Waals surface area contributed by atoms with E-state index in [-0.39, 0.29) is 13.0 Å². The van der Waals surface area contributed by atoms with Crippen LogP contribution in [-0.4, -0.2) is 57.8 Å². The third kappa shape index (κ3) is 4.41. The van der Waals surface area contributed by atoms with Crippen LogP contribution in [-0.2, 0) is 16.0 Å². The Morgan fingerprint density at radius 1 is 1.43 bits per heavy atom. The molecule has 1 amide bonds. The van der Waals surface area contributed by atoms with Crippen molar-refractivity contribution in [3.05, 3.63) is 30.1 Å². The quantitative estimate of drug-likeness (QED) is 0.871. The predicted octanol–water partition coefficient (Wildman–Crippen LogP) is 1.29. The fraction of sp³-hybridized carbons (Fsp3) is 0.562. The van der Waals surface area contributed by atoms with Crippen LogP contribution in [0.2, 0.25) is 0 Å². The summed E-state index contributed by atoms with van der Waals surface area (Å²) in [5, 5.41) is 12.8. The molecule has 2 heterocycles. The number of amides is 1. The highest BCUT2D eigenvalue weighted by atomic mass is 16.6. The topological polar surface area (TPSA) is 91.8 Å². The molecule has 1 aromatic rings. The van der Waals surface area contributed by atoms with Crippen LogP contribution in [0.3, 0.4) is 0 Å². The maximum atomic E-state index is 12.2. The highest BCUT2D eigenvalue weighted by Gasteiger charge is 2.44. The Kier molecular flexibility index (Phi) is 4.89. The minimum absolute atomic E-state index is 0.0355. The maximum Gasteiger partial charge on any atom is 0.410 e. The lowest BCUT2D eigenvalue weighted by Crippen LogP contribution is -2.66. The molecule has 0 radical (unpaired) electrons. The molecule has 1 unspecified atom stereocenters. The number of nitrogens with one attached hydrogen (secondary N) is 1. The third-order valence-electron chi connectivity index (χ3n) is 3.58. The minimum atomic E-state index is -1.26. The zero-order valence-corrected chi connectivity index (χ0v) is 13.7. The van der Waals surface area contributed by atoms with E-state index < -0.39 is 23.2 Å². The number of ether oxygens (including phenoxy) is 1. The van der Waals surface area contributed by atoms with Crippen molar-refractivity contribution in [1.29, 1.82) is 0 Å². The number of aliphatic carboxylic acids is 1. The fourth-order valence-electron chi connectivity index (χ4n) is 2.52. The molecule has 1 atom stereocenters. The summed E-state index contributed by atoms with van der Waals surface area (Å²) in [6.07, 6.45) is 1.33. The summed E-state index contributed by atoms with van der Waals surface area (Å²) in [5.41, 5.74) is -1.22. The second kappa shape index (κ2) is 6.54. The van der Waals surface area contributed by atoms with Gasteiger partial charge in [-0.1, -0.05) is 6.07 Å². The van der Waals surface area contributed by atoms with Crippen molar-refractivity contribution in [1.82, 2.24) is 15.2 Å². The summed E-state index contributed by atoms with van der Waals surface area (Å²) in [6.45, 7) is 6.18. The predicted molar refractivity (Wildman–Crippen MR) is 84.1 cm³/mol. The average Bonchev–Trinajstić information content (AvgIpc) is 2.46. The fourth-order valence-corrected chi connectivity index (χ4v) is 2.52. The van der Waals surface area contributed by atoms with E-state index in [1.54, 1.807) is 39.1 Å². The first-order valence-electron chi connectivity index (χ1n) is 7.58. The SMILES string of the molecule is CC(C)(C)OC(=O)N1CCNC(Cc2ccccn2)(C(=O)O)C1. The molecular weight excluding hydrogens is 298 g/mol. The lowest BCUT2D eigenvalue weighted by molar-refractivity contribution is -0.146. The molecular formula is C16H23N3O4. The van der Waals surface area contributed by atoms with Gasteiger partial charge < -0.3 is 14.7 Å². The van der Waals surface area contributed by atoms with Crippen LogP contribution in [0.25, 0.3) is 0 Å². The second-order valence-electron chi connectivity index (χ2n) is 6.71. The highest BCUT2D eigenvalue weighted by Crippen LogP contribution is 2.20. The van der Waals surface area contributed by atoms with E-state index in [0.717, 1.165) is 0 Å². The molecule has 7 nitrogen and oxygen atoms in total. The molecule has 0 spiro atoms. The van der Waals surface area contributed by atoms with Gasteiger partial charge in [0.25, 0.3) is 0 Å². The Balaban J connectivity index is 2.17. The number of rotatable bonds is 3. The zero-order valence-electron chi connectivity index (χ0n) is 13.7. The molecule has 1 saturated heterocycles. The van der Waals surface area contributed by atoms with E-state index in [4.69, 9.17) is 4.74 Å². The molecule has 126 valence electrons. The van der Waals surface area contributed by atoms with Gasteiger partial charge in [0.15, 0.2) is 0 Å². The first-order chi connectivity index (χ1) is 10.7. The van der Waals surface area contributed by atoms with Gasteiger partial charge in [-0.3, -0.25) is 15.1 Å². The van der Waals surface area contributed by atoms with E-state index >= 15 is 0 Å². The van der Waals surface area contributed by atoms with Crippen molar-refractivity contribution >= 4 is 12.1 Å². The number of pyridine rings is 1. The Morgan fingerprint density at radius 2 is 2.17 bits per heavy atom. The molecule has 0 saturated carbocycles. The van der Waals surface area contributed by atoms with Gasteiger partial charge >= 0.3 is 12.1 Å². The van der Waals surface area contributed by atoms with Crippen molar-refractivity contribution in [3.63, 3.8) is 0 Å². The van der Waals surface area contributed by atoms with Gasteiger partial charge in [-0.15, -0.1) is 0 Å². The van der Waals surface area contributed by atoms with Crippen molar-refractivity contribution in [2.45, 2.75) is 38.3 Å². The monoisotopic (exact) mass is 321 g/mol. The number of carboxylic acids is 1. The lowest BCUT2D eigenvalue weighted by Gasteiger charge is -2.40. The molecule has 1 aliphatic heterocycles. The maximum absolute atomic E-state index is 12.2. The summed E-state index contributed by atoms with van der Waals surface area (Å²) >= 11 is 0. The van der Waals surface area contributed by atoms with Gasteiger partial charge in [-0.25, -0.2) is 4.79 Å². The Bertz CT molecular complexity index is 570. The zero-order chi connectivity index (χ0) is 17.1. The van der Waals surface area contributed by atoms with Gasteiger partial charge in [-0.2, -0.15) is 0 Å². The number of carbonyl (C=O) groups is 2. The lowest BCUT2D eigenvalue weighted by atomic mass is 9.90. The van der Waals surface area contributed by atoms with Crippen LogP contribution < -0.4 is 5.32 Å². The summed E-state index contributed by atoms with van der Waals surface area (Å²) in [6, 6.07) is 5.36. The number of piperazine rings is 1. The van der Waals surface area contributed by atoms with Gasteiger partial charge in [-0.05, 0) is 32.9 Å². The first kappa shape index (κ1) is 17.2. The van der Waals surface area contributed by atoms with E-state index in [2.05, 4.69) is 10.3 Å². The number of carboxylic acid groups (broad SMARTS) is 1. The third-order valence-corrected chi connectivity index (χ3v) is 3.58. The van der Waals surface area contributed by atoms with Crippen molar-refractivity contribution in [2.24, 2.45) is 0 Å². The average molecular weight is 321 g/mol. The second-order valence-corrected chi connectivity index (χ2v) is 6.71. The van der Waals surface area contributed by atoms with Gasteiger partial charge in [0.1, 0.15) is 11.1 Å². The number of hydrogen-bond donors (Lipinski definition) is 2. The molecule has 1 aromatic heterocycles. The molecule has 23 heavy (non-hydrogen) atoms. The molecule has 0 aliphatic carbocycles. The summed E-state index contributed by atoms with van der Waals surface area (Å²) in [7, 11) is 0. The minimum Gasteiger partial charge on any atom is -0.480 e. The standard InChI is InChI=1S/C16H23N3O4/c1-15(2,3)23-14(22)19-9-8-18-16(11-19,13(20)21)10-12-6-4-5-7-17-12/h4-7,18H,8-11H2,1-3H3,(H,20,21). The molecule has 2 N–H and O–H groups in total. The largest absolute Gasteiger partial charge is 0.480 e. The Labute approximate surface area is 135 Å². The van der Waals surface area contributed by atoms with E-state index in [9.17, 15) is 14.7 Å². The summed E-state index contributed by atoms with van der Waals surface area (Å²) < 4.78 is 5.35. The van der Waals surface area contributed by atoms with Crippen LogP contribution in [0.15, 0.2) is 24.4 Å². The molecule has 2 rings (SSSR count). The molecule has 7 heteroatoms. The van der Waals surface area contributed by atoms with Crippen molar-refractivity contribution in [2.75, 3.05) is 19.6 Å². The van der Waals surface area contributed by atoms with Crippen LogP contribution in [0, 0.1) is 0 Å². The van der Waals surface area contributed by atoms with Crippen LogP contribution in [0.1, 0.15) is 26.5 Å². The normalized spacial score (nSPS) is 21.8. The first-order valence-corrected chi connectivity index (χ1v) is 7.58. The van der Waals surface area contributed by atoms with E-state index in [1.165, 1.54) is 4.90 Å². The highest BCUT2D eigenvalue weighted by molar-refractivity contribution is 5.81. The van der Waals surface area contributed by atoms with Crippen molar-refractivity contribution in [3.8, 4) is 0 Å². The number of aromatic nitrogens is 1. The number of hydrogen-bond acceptors (Lipinski definition) is 5.